The van der Waals surface area contributed by atoms with E-state index >= 15 is 0 Å². The summed E-state index contributed by atoms with van der Waals surface area (Å²) in [6.07, 6.45) is 1.30. The van der Waals surface area contributed by atoms with Crippen molar-refractivity contribution in [2.24, 2.45) is 5.73 Å². The molecule has 0 aromatic heterocycles. The summed E-state index contributed by atoms with van der Waals surface area (Å²) in [6.45, 7) is 7.06. The van der Waals surface area contributed by atoms with Crippen LogP contribution >= 0.6 is 23.2 Å². The number of halogens is 2. The minimum absolute atomic E-state index is 0.00514. The number of amides is 2. The molecule has 0 atom stereocenters. The van der Waals surface area contributed by atoms with Crippen LogP contribution in [0.4, 0.5) is 0 Å². The van der Waals surface area contributed by atoms with Crippen LogP contribution in [0.2, 0.25) is 10.0 Å². The van der Waals surface area contributed by atoms with Gasteiger partial charge in [-0.3, -0.25) is 14.5 Å². The number of carbonyl (C=O) groups is 2. The molecular weight excluding hydrogens is 311 g/mol. The van der Waals surface area contributed by atoms with Crippen LogP contribution in [0, 0.1) is 0 Å². The van der Waals surface area contributed by atoms with Gasteiger partial charge in [0.25, 0.3) is 11.8 Å². The van der Waals surface area contributed by atoms with Crippen molar-refractivity contribution in [2.75, 3.05) is 0 Å². The van der Waals surface area contributed by atoms with Crippen LogP contribution in [0.5, 0.6) is 0 Å². The molecule has 1 aliphatic heterocycles. The average molecular weight is 323 g/mol. The zero-order valence-corrected chi connectivity index (χ0v) is 12.5. The first-order chi connectivity index (χ1) is 9.86. The molecule has 4 nitrogen and oxygen atoms in total. The third-order valence-electron chi connectivity index (χ3n) is 3.07. The average Bonchev–Trinajstić information content (AvgIpc) is 2.66. The van der Waals surface area contributed by atoms with Crippen molar-refractivity contribution >= 4 is 35.0 Å². The molecule has 1 aliphatic rings. The van der Waals surface area contributed by atoms with Crippen molar-refractivity contribution in [3.63, 3.8) is 0 Å². The van der Waals surface area contributed by atoms with Gasteiger partial charge in [-0.2, -0.15) is 0 Å². The molecule has 0 aliphatic carbocycles. The van der Waals surface area contributed by atoms with Crippen LogP contribution in [0.25, 0.3) is 0 Å². The van der Waals surface area contributed by atoms with Crippen molar-refractivity contribution in [3.8, 4) is 0 Å². The van der Waals surface area contributed by atoms with E-state index < -0.39 is 11.8 Å². The fraction of sp³-hybridized carbons (Fsp3) is 0.0667. The van der Waals surface area contributed by atoms with E-state index in [2.05, 4.69) is 13.2 Å². The molecule has 0 saturated heterocycles. The Labute approximate surface area is 132 Å². The van der Waals surface area contributed by atoms with Crippen molar-refractivity contribution in [2.45, 2.75) is 6.54 Å². The number of hydrogen-bond acceptors (Lipinski definition) is 3. The minimum atomic E-state index is -0.515. The predicted molar refractivity (Wildman–Crippen MR) is 82.6 cm³/mol. The van der Waals surface area contributed by atoms with Crippen LogP contribution in [0.3, 0.4) is 0 Å². The SMILES string of the molecule is C=CC1=C(C(=C)N)C(=O)N(Cc2cc(Cl)ccc2Cl)C1=O. The number of nitrogens with zero attached hydrogens (tertiary/aromatic N) is 1. The van der Waals surface area contributed by atoms with Crippen molar-refractivity contribution in [1.29, 1.82) is 0 Å². The van der Waals surface area contributed by atoms with Crippen LogP contribution in [-0.2, 0) is 16.1 Å². The van der Waals surface area contributed by atoms with Gasteiger partial charge in [0, 0.05) is 15.7 Å². The van der Waals surface area contributed by atoms with Gasteiger partial charge in [0.2, 0.25) is 0 Å². The molecule has 2 amide bonds. The lowest BCUT2D eigenvalue weighted by Gasteiger charge is -2.16. The predicted octanol–water partition coefficient (Wildman–Crippen LogP) is 2.82. The van der Waals surface area contributed by atoms with Gasteiger partial charge in [0.05, 0.1) is 17.7 Å². The van der Waals surface area contributed by atoms with Gasteiger partial charge in [0.1, 0.15) is 0 Å². The maximum Gasteiger partial charge on any atom is 0.263 e. The Kier molecular flexibility index (Phi) is 4.21. The zero-order chi connectivity index (χ0) is 15.7. The first kappa shape index (κ1) is 15.4. The molecule has 108 valence electrons. The highest BCUT2D eigenvalue weighted by Crippen LogP contribution is 2.29. The number of benzene rings is 1. The summed E-state index contributed by atoms with van der Waals surface area (Å²) in [4.78, 5) is 25.6. The van der Waals surface area contributed by atoms with Gasteiger partial charge in [-0.1, -0.05) is 42.4 Å². The smallest absolute Gasteiger partial charge is 0.263 e. The molecule has 2 N–H and O–H groups in total. The van der Waals surface area contributed by atoms with E-state index in [9.17, 15) is 9.59 Å². The first-order valence-corrected chi connectivity index (χ1v) is 6.74. The number of nitrogens with two attached hydrogens (primary N) is 1. The molecule has 0 radical (unpaired) electrons. The van der Waals surface area contributed by atoms with E-state index in [4.69, 9.17) is 28.9 Å². The summed E-state index contributed by atoms with van der Waals surface area (Å²) >= 11 is 12.0. The Morgan fingerprint density at radius 3 is 2.48 bits per heavy atom. The van der Waals surface area contributed by atoms with E-state index in [0.29, 0.717) is 15.6 Å². The monoisotopic (exact) mass is 322 g/mol. The van der Waals surface area contributed by atoms with Gasteiger partial charge in [-0.25, -0.2) is 0 Å². The third kappa shape index (κ3) is 2.73. The van der Waals surface area contributed by atoms with Crippen LogP contribution < -0.4 is 5.73 Å². The second-order valence-corrected chi connectivity index (χ2v) is 5.29. The first-order valence-electron chi connectivity index (χ1n) is 5.98. The molecule has 0 saturated carbocycles. The molecule has 1 aromatic carbocycles. The number of imide groups is 1. The molecule has 0 spiro atoms. The molecule has 1 heterocycles. The normalized spacial score (nSPS) is 14.9. The number of carbonyl (C=O) groups excluding carboxylic acids is 2. The molecule has 6 heteroatoms. The molecule has 0 bridgehead atoms. The van der Waals surface area contributed by atoms with Gasteiger partial charge < -0.3 is 5.73 Å². The second kappa shape index (κ2) is 5.76. The third-order valence-corrected chi connectivity index (χ3v) is 3.67. The molecule has 0 unspecified atom stereocenters. The van der Waals surface area contributed by atoms with Gasteiger partial charge in [-0.05, 0) is 23.8 Å². The molecule has 21 heavy (non-hydrogen) atoms. The lowest BCUT2D eigenvalue weighted by molar-refractivity contribution is -0.138. The van der Waals surface area contributed by atoms with Crippen molar-refractivity contribution in [3.05, 3.63) is 69.9 Å². The van der Waals surface area contributed by atoms with E-state index in [1.807, 2.05) is 0 Å². The maximum atomic E-state index is 12.3. The molecule has 1 aromatic rings. The molecule has 0 fully saturated rings. The summed E-state index contributed by atoms with van der Waals surface area (Å²) in [6, 6.07) is 4.84. The van der Waals surface area contributed by atoms with E-state index in [1.54, 1.807) is 18.2 Å². The van der Waals surface area contributed by atoms with Crippen LogP contribution in [0.1, 0.15) is 5.56 Å². The van der Waals surface area contributed by atoms with E-state index in [1.165, 1.54) is 6.08 Å². The quantitative estimate of drug-likeness (QED) is 0.867. The Hall–Kier alpha value is -2.04. The highest BCUT2D eigenvalue weighted by atomic mass is 35.5. The number of rotatable bonds is 4. The van der Waals surface area contributed by atoms with Crippen LogP contribution in [-0.4, -0.2) is 16.7 Å². The van der Waals surface area contributed by atoms with Gasteiger partial charge in [-0.15, -0.1) is 0 Å². The van der Waals surface area contributed by atoms with Gasteiger partial charge >= 0.3 is 0 Å². The second-order valence-electron chi connectivity index (χ2n) is 4.45. The summed E-state index contributed by atoms with van der Waals surface area (Å²) in [5, 5.41) is 0.883. The Bertz CT molecular complexity index is 708. The summed E-state index contributed by atoms with van der Waals surface area (Å²) in [7, 11) is 0. The Balaban J connectivity index is 2.38. The van der Waals surface area contributed by atoms with E-state index in [-0.39, 0.29) is 23.4 Å². The highest BCUT2D eigenvalue weighted by Gasteiger charge is 2.37. The maximum absolute atomic E-state index is 12.3. The highest BCUT2D eigenvalue weighted by molar-refractivity contribution is 6.33. The summed E-state index contributed by atoms with van der Waals surface area (Å²) in [5.74, 6) is -0.994. The van der Waals surface area contributed by atoms with Crippen molar-refractivity contribution < 1.29 is 9.59 Å². The lowest BCUT2D eigenvalue weighted by Crippen LogP contribution is -2.31. The molecular formula is C15H12Cl2N2O2. The Morgan fingerprint density at radius 1 is 1.29 bits per heavy atom. The zero-order valence-electron chi connectivity index (χ0n) is 11.0. The fourth-order valence-electron chi connectivity index (χ4n) is 2.07. The Morgan fingerprint density at radius 2 is 1.95 bits per heavy atom. The minimum Gasteiger partial charge on any atom is -0.399 e. The van der Waals surface area contributed by atoms with Crippen LogP contribution in [0.15, 0.2) is 54.3 Å². The standard InChI is InChI=1S/C15H12Cl2N2O2/c1-3-11-13(8(2)18)15(21)19(14(11)20)7-9-6-10(16)4-5-12(9)17/h3-6H,1-2,7,18H2. The largest absolute Gasteiger partial charge is 0.399 e. The topological polar surface area (TPSA) is 63.4 Å². The molecule has 2 rings (SSSR count). The summed E-state index contributed by atoms with van der Waals surface area (Å²) < 4.78 is 0. The van der Waals surface area contributed by atoms with E-state index in [0.717, 1.165) is 4.90 Å². The lowest BCUT2D eigenvalue weighted by atomic mass is 10.1. The van der Waals surface area contributed by atoms with Crippen molar-refractivity contribution in [1.82, 2.24) is 4.90 Å². The number of hydrogen-bond donors (Lipinski definition) is 1. The summed E-state index contributed by atoms with van der Waals surface area (Å²) in [5.41, 5.74) is 6.40. The fourth-order valence-corrected chi connectivity index (χ4v) is 2.44. The van der Waals surface area contributed by atoms with Gasteiger partial charge in [0.15, 0.2) is 0 Å².